The Kier molecular flexibility index (Phi) is 6.67. The lowest BCUT2D eigenvalue weighted by atomic mass is 10.1. The normalized spacial score (nSPS) is 10.7. The maximum absolute atomic E-state index is 10.7. The molecule has 0 aliphatic rings. The zero-order chi connectivity index (χ0) is 14.3. The van der Waals surface area contributed by atoms with E-state index in [-0.39, 0.29) is 5.56 Å². The number of carbonyl (C=O) groups is 1. The molecule has 0 aromatic heterocycles. The lowest BCUT2D eigenvalue weighted by Gasteiger charge is -2.09. The van der Waals surface area contributed by atoms with Crippen LogP contribution in [0.5, 0.6) is 5.75 Å². The fourth-order valence-corrected chi connectivity index (χ4v) is 1.62. The van der Waals surface area contributed by atoms with Crippen molar-refractivity contribution >= 4 is 17.6 Å². The molecule has 0 fully saturated rings. The number of halogens is 1. The summed E-state index contributed by atoms with van der Waals surface area (Å²) in [6, 6.07) is 4.39. The van der Waals surface area contributed by atoms with Gasteiger partial charge in [-0.3, -0.25) is 0 Å². The molecule has 0 saturated carbocycles. The second-order valence-corrected chi connectivity index (χ2v) is 5.00. The van der Waals surface area contributed by atoms with Gasteiger partial charge in [-0.2, -0.15) is 0 Å². The van der Waals surface area contributed by atoms with Gasteiger partial charge in [0.05, 0.1) is 17.2 Å². The number of carboxylic acids is 1. The van der Waals surface area contributed by atoms with Crippen molar-refractivity contribution in [1.82, 2.24) is 0 Å². The summed E-state index contributed by atoms with van der Waals surface area (Å²) in [5.74, 6) is 0.0866. The third-order valence-electron chi connectivity index (χ3n) is 2.50. The van der Waals surface area contributed by atoms with Gasteiger partial charge in [0, 0.05) is 6.61 Å². The summed E-state index contributed by atoms with van der Waals surface area (Å²) in [6.45, 7) is 5.88. The van der Waals surface area contributed by atoms with Crippen LogP contribution in [-0.2, 0) is 4.74 Å². The summed E-state index contributed by atoms with van der Waals surface area (Å²) < 4.78 is 10.8. The highest BCUT2D eigenvalue weighted by atomic mass is 35.5. The Hall–Kier alpha value is -1.26. The topological polar surface area (TPSA) is 55.8 Å². The number of ether oxygens (including phenoxy) is 2. The van der Waals surface area contributed by atoms with Crippen LogP contribution in [0.2, 0.25) is 5.02 Å². The van der Waals surface area contributed by atoms with Gasteiger partial charge < -0.3 is 14.6 Å². The van der Waals surface area contributed by atoms with Crippen molar-refractivity contribution in [3.8, 4) is 5.75 Å². The third-order valence-corrected chi connectivity index (χ3v) is 2.80. The van der Waals surface area contributed by atoms with Crippen LogP contribution >= 0.6 is 11.6 Å². The summed E-state index contributed by atoms with van der Waals surface area (Å²) in [7, 11) is 0. The van der Waals surface area contributed by atoms with Crippen LogP contribution in [0.15, 0.2) is 18.2 Å². The van der Waals surface area contributed by atoms with Crippen molar-refractivity contribution in [2.75, 3.05) is 19.8 Å². The largest absolute Gasteiger partial charge is 0.490 e. The van der Waals surface area contributed by atoms with E-state index in [1.54, 1.807) is 6.07 Å². The average molecular weight is 287 g/mol. The summed E-state index contributed by atoms with van der Waals surface area (Å²) in [5, 5.41) is 9.09. The van der Waals surface area contributed by atoms with Crippen LogP contribution in [0.3, 0.4) is 0 Å². The Bertz CT molecular complexity index is 418. The summed E-state index contributed by atoms with van der Waals surface area (Å²) >= 11 is 5.93. The van der Waals surface area contributed by atoms with Crippen LogP contribution in [0, 0.1) is 5.92 Å². The van der Waals surface area contributed by atoms with Gasteiger partial charge in [0.25, 0.3) is 0 Å². The highest BCUT2D eigenvalue weighted by Crippen LogP contribution is 2.25. The summed E-state index contributed by atoms with van der Waals surface area (Å²) in [6.07, 6.45) is 1.02. The van der Waals surface area contributed by atoms with Crippen LogP contribution in [0.4, 0.5) is 0 Å². The van der Waals surface area contributed by atoms with Gasteiger partial charge in [0.15, 0.2) is 0 Å². The van der Waals surface area contributed by atoms with Crippen molar-refractivity contribution < 1.29 is 19.4 Å². The molecule has 0 amide bonds. The van der Waals surface area contributed by atoms with E-state index in [0.29, 0.717) is 36.5 Å². The maximum atomic E-state index is 10.7. The molecule has 1 rings (SSSR count). The minimum absolute atomic E-state index is 0.144. The van der Waals surface area contributed by atoms with E-state index in [9.17, 15) is 4.79 Å². The third kappa shape index (κ3) is 5.94. The number of benzene rings is 1. The Balaban J connectivity index is 2.32. The lowest BCUT2D eigenvalue weighted by molar-refractivity contribution is 0.0696. The van der Waals surface area contributed by atoms with E-state index < -0.39 is 5.97 Å². The first kappa shape index (κ1) is 15.8. The van der Waals surface area contributed by atoms with E-state index in [0.717, 1.165) is 6.42 Å². The van der Waals surface area contributed by atoms with Crippen molar-refractivity contribution in [2.24, 2.45) is 5.92 Å². The van der Waals surface area contributed by atoms with E-state index in [1.807, 2.05) is 0 Å². The zero-order valence-corrected chi connectivity index (χ0v) is 11.9. The molecule has 4 nitrogen and oxygen atoms in total. The average Bonchev–Trinajstić information content (AvgIpc) is 2.34. The van der Waals surface area contributed by atoms with Gasteiger partial charge in [-0.05, 0) is 30.5 Å². The molecule has 0 radical (unpaired) electrons. The van der Waals surface area contributed by atoms with Crippen LogP contribution in [-0.4, -0.2) is 30.9 Å². The van der Waals surface area contributed by atoms with Gasteiger partial charge in [0.1, 0.15) is 12.4 Å². The molecule has 0 spiro atoms. The molecule has 106 valence electrons. The van der Waals surface area contributed by atoms with Crippen LogP contribution < -0.4 is 4.74 Å². The Morgan fingerprint density at radius 2 is 2.05 bits per heavy atom. The molecule has 0 atom stereocenters. The van der Waals surface area contributed by atoms with E-state index in [4.69, 9.17) is 26.2 Å². The molecule has 5 heteroatoms. The number of aromatic carboxylic acids is 1. The van der Waals surface area contributed by atoms with Gasteiger partial charge >= 0.3 is 5.97 Å². The minimum atomic E-state index is -1.01. The number of carboxylic acid groups (broad SMARTS) is 1. The van der Waals surface area contributed by atoms with Crippen molar-refractivity contribution in [2.45, 2.75) is 20.3 Å². The monoisotopic (exact) mass is 286 g/mol. The molecule has 0 unspecified atom stereocenters. The SMILES string of the molecule is CC(C)CCOCCOc1ccc(C(=O)O)cc1Cl. The molecule has 19 heavy (non-hydrogen) atoms. The van der Waals surface area contributed by atoms with Crippen LogP contribution in [0.25, 0.3) is 0 Å². The fourth-order valence-electron chi connectivity index (χ4n) is 1.38. The molecular formula is C14H19ClO4. The first-order valence-corrected chi connectivity index (χ1v) is 6.62. The molecule has 1 aromatic carbocycles. The standard InChI is InChI=1S/C14H19ClO4/c1-10(2)5-6-18-7-8-19-13-4-3-11(14(16)17)9-12(13)15/h3-4,9-10H,5-8H2,1-2H3,(H,16,17). The van der Waals surface area contributed by atoms with Crippen molar-refractivity contribution in [3.63, 3.8) is 0 Å². The van der Waals surface area contributed by atoms with Crippen molar-refractivity contribution in [3.05, 3.63) is 28.8 Å². The van der Waals surface area contributed by atoms with Gasteiger partial charge in [-0.25, -0.2) is 4.79 Å². The van der Waals surface area contributed by atoms with Gasteiger partial charge in [-0.15, -0.1) is 0 Å². The molecule has 0 saturated heterocycles. The Labute approximate surface area is 118 Å². The summed E-state index contributed by atoms with van der Waals surface area (Å²) in [4.78, 5) is 10.7. The van der Waals surface area contributed by atoms with E-state index in [1.165, 1.54) is 12.1 Å². The van der Waals surface area contributed by atoms with Crippen molar-refractivity contribution in [1.29, 1.82) is 0 Å². The molecule has 1 N–H and O–H groups in total. The molecule has 0 aliphatic carbocycles. The zero-order valence-electron chi connectivity index (χ0n) is 11.2. The molecule has 0 heterocycles. The highest BCUT2D eigenvalue weighted by molar-refractivity contribution is 6.32. The molecular weight excluding hydrogens is 268 g/mol. The Morgan fingerprint density at radius 1 is 1.32 bits per heavy atom. The lowest BCUT2D eigenvalue weighted by Crippen LogP contribution is -2.09. The second kappa shape index (κ2) is 8.02. The number of hydrogen-bond acceptors (Lipinski definition) is 3. The smallest absolute Gasteiger partial charge is 0.335 e. The quantitative estimate of drug-likeness (QED) is 0.743. The molecule has 1 aromatic rings. The maximum Gasteiger partial charge on any atom is 0.335 e. The van der Waals surface area contributed by atoms with Gasteiger partial charge in [-0.1, -0.05) is 25.4 Å². The first-order valence-electron chi connectivity index (χ1n) is 6.24. The van der Waals surface area contributed by atoms with E-state index in [2.05, 4.69) is 13.8 Å². The number of hydrogen-bond donors (Lipinski definition) is 1. The molecule has 0 bridgehead atoms. The predicted molar refractivity (Wildman–Crippen MR) is 74.2 cm³/mol. The second-order valence-electron chi connectivity index (χ2n) is 4.59. The van der Waals surface area contributed by atoms with E-state index >= 15 is 0 Å². The predicted octanol–water partition coefficient (Wildman–Crippen LogP) is 3.48. The fraction of sp³-hybridized carbons (Fsp3) is 0.500. The van der Waals surface area contributed by atoms with Gasteiger partial charge in [0.2, 0.25) is 0 Å². The van der Waals surface area contributed by atoms with Crippen LogP contribution in [0.1, 0.15) is 30.6 Å². The first-order chi connectivity index (χ1) is 9.00. The Morgan fingerprint density at radius 3 is 2.63 bits per heavy atom. The highest BCUT2D eigenvalue weighted by Gasteiger charge is 2.07. The summed E-state index contributed by atoms with van der Waals surface area (Å²) in [5.41, 5.74) is 0.144. The number of rotatable bonds is 8. The molecule has 0 aliphatic heterocycles. The minimum Gasteiger partial charge on any atom is -0.490 e.